The van der Waals surface area contributed by atoms with Gasteiger partial charge >= 0.3 is 0 Å². The number of aryl methyl sites for hydroxylation is 2. The lowest BCUT2D eigenvalue weighted by Gasteiger charge is -2.05. The van der Waals surface area contributed by atoms with Crippen LogP contribution in [0.4, 0.5) is 5.13 Å². The Bertz CT molecular complexity index is 591. The number of carbonyl (C=O) groups is 1. The molecular formula is C13H20N6OS. The summed E-state index contributed by atoms with van der Waals surface area (Å²) in [6.45, 7) is 0.920. The van der Waals surface area contributed by atoms with E-state index in [9.17, 15) is 4.79 Å². The van der Waals surface area contributed by atoms with Gasteiger partial charge in [-0.05, 0) is 26.6 Å². The molecule has 8 heteroatoms. The molecule has 0 saturated heterocycles. The van der Waals surface area contributed by atoms with Crippen LogP contribution in [0.25, 0.3) is 0 Å². The van der Waals surface area contributed by atoms with Crippen molar-refractivity contribution in [2.45, 2.75) is 19.3 Å². The quantitative estimate of drug-likeness (QED) is 0.824. The Hall–Kier alpha value is -1.80. The van der Waals surface area contributed by atoms with Crippen molar-refractivity contribution in [2.24, 2.45) is 7.05 Å². The summed E-state index contributed by atoms with van der Waals surface area (Å²) in [5.41, 5.74) is 1.04. The number of hydrogen-bond acceptors (Lipinski definition) is 6. The average molecular weight is 308 g/mol. The zero-order valence-electron chi connectivity index (χ0n) is 12.5. The van der Waals surface area contributed by atoms with Gasteiger partial charge in [0.15, 0.2) is 0 Å². The fourth-order valence-corrected chi connectivity index (χ4v) is 2.54. The maximum absolute atomic E-state index is 11.9. The van der Waals surface area contributed by atoms with E-state index in [0.717, 1.165) is 23.7 Å². The normalized spacial score (nSPS) is 11.0. The van der Waals surface area contributed by atoms with Gasteiger partial charge in [-0.15, -0.1) is 10.2 Å². The van der Waals surface area contributed by atoms with Crippen molar-refractivity contribution in [3.8, 4) is 0 Å². The summed E-state index contributed by atoms with van der Waals surface area (Å²) in [4.78, 5) is 14.0. The van der Waals surface area contributed by atoms with Gasteiger partial charge in [-0.25, -0.2) is 0 Å². The molecule has 0 bridgehead atoms. The van der Waals surface area contributed by atoms with Crippen molar-refractivity contribution in [2.75, 3.05) is 26.0 Å². The SMILES string of the molecule is CN(C)CCc1nnc(NC(=O)CCc2ccnn2C)s1. The molecule has 0 aliphatic rings. The molecule has 0 atom stereocenters. The van der Waals surface area contributed by atoms with E-state index in [0.29, 0.717) is 18.0 Å². The van der Waals surface area contributed by atoms with Crippen LogP contribution in [0, 0.1) is 0 Å². The van der Waals surface area contributed by atoms with E-state index in [1.165, 1.54) is 11.3 Å². The Kier molecular flexibility index (Phi) is 5.40. The van der Waals surface area contributed by atoms with E-state index in [1.807, 2.05) is 27.2 Å². The van der Waals surface area contributed by atoms with E-state index in [-0.39, 0.29) is 5.91 Å². The highest BCUT2D eigenvalue weighted by Gasteiger charge is 2.09. The fourth-order valence-electron chi connectivity index (χ4n) is 1.79. The summed E-state index contributed by atoms with van der Waals surface area (Å²) in [5, 5.41) is 16.5. The van der Waals surface area contributed by atoms with Crippen molar-refractivity contribution in [1.82, 2.24) is 24.9 Å². The minimum Gasteiger partial charge on any atom is -0.309 e. The molecule has 0 spiro atoms. The molecule has 0 unspecified atom stereocenters. The van der Waals surface area contributed by atoms with Crippen molar-refractivity contribution in [3.63, 3.8) is 0 Å². The highest BCUT2D eigenvalue weighted by atomic mass is 32.1. The first-order valence-corrected chi connectivity index (χ1v) is 7.60. The lowest BCUT2D eigenvalue weighted by Crippen LogP contribution is -2.14. The number of rotatable bonds is 7. The van der Waals surface area contributed by atoms with Crippen LogP contribution in [-0.2, 0) is 24.7 Å². The van der Waals surface area contributed by atoms with Crippen molar-refractivity contribution in [1.29, 1.82) is 0 Å². The maximum atomic E-state index is 11.9. The van der Waals surface area contributed by atoms with Crippen LogP contribution >= 0.6 is 11.3 Å². The van der Waals surface area contributed by atoms with E-state index in [1.54, 1.807) is 10.9 Å². The highest BCUT2D eigenvalue weighted by Crippen LogP contribution is 2.16. The molecule has 21 heavy (non-hydrogen) atoms. The molecule has 2 aromatic rings. The largest absolute Gasteiger partial charge is 0.309 e. The van der Waals surface area contributed by atoms with Gasteiger partial charge in [-0.1, -0.05) is 11.3 Å². The van der Waals surface area contributed by atoms with Crippen LogP contribution in [0.5, 0.6) is 0 Å². The first-order valence-electron chi connectivity index (χ1n) is 6.78. The number of anilines is 1. The third kappa shape index (κ3) is 4.91. The smallest absolute Gasteiger partial charge is 0.226 e. The first kappa shape index (κ1) is 15.6. The second kappa shape index (κ2) is 7.28. The molecule has 0 saturated carbocycles. The minimum atomic E-state index is -0.0495. The van der Waals surface area contributed by atoms with Crippen LogP contribution in [0.15, 0.2) is 12.3 Å². The van der Waals surface area contributed by atoms with E-state index >= 15 is 0 Å². The molecule has 7 nitrogen and oxygen atoms in total. The number of nitrogens with zero attached hydrogens (tertiary/aromatic N) is 5. The number of likely N-dealkylation sites (N-methyl/N-ethyl adjacent to an activating group) is 1. The van der Waals surface area contributed by atoms with E-state index in [4.69, 9.17) is 0 Å². The summed E-state index contributed by atoms with van der Waals surface area (Å²) in [7, 11) is 5.90. The molecule has 2 heterocycles. The topological polar surface area (TPSA) is 75.9 Å². The van der Waals surface area contributed by atoms with Gasteiger partial charge in [-0.3, -0.25) is 9.48 Å². The van der Waals surface area contributed by atoms with Crippen LogP contribution < -0.4 is 5.32 Å². The average Bonchev–Trinajstić information content (AvgIpc) is 3.03. The Labute approximate surface area is 128 Å². The second-order valence-electron chi connectivity index (χ2n) is 5.05. The number of hydrogen-bond donors (Lipinski definition) is 1. The molecule has 0 aromatic carbocycles. The summed E-state index contributed by atoms with van der Waals surface area (Å²) in [5.74, 6) is -0.0495. The van der Waals surface area contributed by atoms with Gasteiger partial charge < -0.3 is 10.2 Å². The standard InChI is InChI=1S/C13H20N6OS/c1-18(2)9-7-12-16-17-13(21-12)15-11(20)5-4-10-6-8-14-19(10)3/h6,8H,4-5,7,9H2,1-3H3,(H,15,17,20). The van der Waals surface area contributed by atoms with E-state index < -0.39 is 0 Å². The summed E-state index contributed by atoms with van der Waals surface area (Å²) in [6, 6.07) is 1.91. The summed E-state index contributed by atoms with van der Waals surface area (Å²) >= 11 is 1.43. The van der Waals surface area contributed by atoms with Crippen molar-refractivity contribution < 1.29 is 4.79 Å². The molecule has 1 amide bonds. The van der Waals surface area contributed by atoms with Gasteiger partial charge in [0.2, 0.25) is 11.0 Å². The predicted molar refractivity (Wildman–Crippen MR) is 82.3 cm³/mol. The zero-order valence-corrected chi connectivity index (χ0v) is 13.4. The number of carbonyl (C=O) groups excluding carboxylic acids is 1. The van der Waals surface area contributed by atoms with Crippen LogP contribution in [0.2, 0.25) is 0 Å². The molecule has 114 valence electrons. The monoisotopic (exact) mass is 308 g/mol. The third-order valence-corrected chi connectivity index (χ3v) is 3.92. The third-order valence-electron chi connectivity index (χ3n) is 3.02. The number of aromatic nitrogens is 4. The Morgan fingerprint density at radius 1 is 1.38 bits per heavy atom. The molecule has 0 fully saturated rings. The molecule has 0 radical (unpaired) electrons. The minimum absolute atomic E-state index is 0.0495. The molecule has 2 aromatic heterocycles. The van der Waals surface area contributed by atoms with Gasteiger partial charge in [0.05, 0.1) is 0 Å². The Morgan fingerprint density at radius 2 is 2.19 bits per heavy atom. The predicted octanol–water partition coefficient (Wildman–Crippen LogP) is 0.947. The fraction of sp³-hybridized carbons (Fsp3) is 0.538. The molecule has 0 aliphatic carbocycles. The van der Waals surface area contributed by atoms with Gasteiger partial charge in [0.1, 0.15) is 5.01 Å². The first-order chi connectivity index (χ1) is 10.0. The number of amides is 1. The van der Waals surface area contributed by atoms with Crippen molar-refractivity contribution in [3.05, 3.63) is 23.0 Å². The molecular weight excluding hydrogens is 288 g/mol. The number of nitrogens with one attached hydrogen (secondary N) is 1. The summed E-state index contributed by atoms with van der Waals surface area (Å²) < 4.78 is 1.78. The van der Waals surface area contributed by atoms with E-state index in [2.05, 4.69) is 25.5 Å². The molecule has 2 rings (SSSR count). The van der Waals surface area contributed by atoms with Crippen molar-refractivity contribution >= 4 is 22.4 Å². The van der Waals surface area contributed by atoms with Crippen LogP contribution in [0.1, 0.15) is 17.1 Å². The lowest BCUT2D eigenvalue weighted by molar-refractivity contribution is -0.116. The lowest BCUT2D eigenvalue weighted by atomic mass is 10.2. The molecule has 0 aliphatic heterocycles. The van der Waals surface area contributed by atoms with Crippen LogP contribution in [0.3, 0.4) is 0 Å². The van der Waals surface area contributed by atoms with Crippen LogP contribution in [-0.4, -0.2) is 51.4 Å². The van der Waals surface area contributed by atoms with Gasteiger partial charge in [0, 0.05) is 38.3 Å². The maximum Gasteiger partial charge on any atom is 0.226 e. The van der Waals surface area contributed by atoms with Gasteiger partial charge in [-0.2, -0.15) is 5.10 Å². The zero-order chi connectivity index (χ0) is 15.2. The second-order valence-corrected chi connectivity index (χ2v) is 6.11. The highest BCUT2D eigenvalue weighted by molar-refractivity contribution is 7.15. The van der Waals surface area contributed by atoms with Gasteiger partial charge in [0.25, 0.3) is 0 Å². The Balaban J connectivity index is 1.78. The Morgan fingerprint density at radius 3 is 2.86 bits per heavy atom. The molecule has 1 N–H and O–H groups in total. The summed E-state index contributed by atoms with van der Waals surface area (Å²) in [6.07, 6.45) is 3.64.